The Bertz CT molecular complexity index is 1380. The minimum absolute atomic E-state index is 0.161. The van der Waals surface area contributed by atoms with E-state index < -0.39 is 17.7 Å². The number of aliphatic hydroxyl groups is 1. The molecule has 4 heterocycles. The minimum atomic E-state index is -0.924. The smallest absolute Gasteiger partial charge is 0.141 e. The molecule has 6 rings (SSSR count). The maximum atomic E-state index is 15.3. The van der Waals surface area contributed by atoms with Crippen molar-refractivity contribution in [2.75, 3.05) is 38.1 Å². The van der Waals surface area contributed by atoms with E-state index in [1.54, 1.807) is 12.3 Å². The first-order valence-corrected chi connectivity index (χ1v) is 11.4. The number of anilines is 1. The molecular formula is C25H24F2N6O. The molecule has 9 heteroatoms. The second-order valence-corrected chi connectivity index (χ2v) is 9.06. The first kappa shape index (κ1) is 21.1. The highest BCUT2D eigenvalue weighted by molar-refractivity contribution is 5.94. The fourth-order valence-corrected chi connectivity index (χ4v) is 4.94. The first-order valence-electron chi connectivity index (χ1n) is 11.4. The molecule has 1 unspecified atom stereocenters. The summed E-state index contributed by atoms with van der Waals surface area (Å²) < 4.78 is 30.2. The van der Waals surface area contributed by atoms with Crippen molar-refractivity contribution in [2.24, 2.45) is 0 Å². The monoisotopic (exact) mass is 462 g/mol. The summed E-state index contributed by atoms with van der Waals surface area (Å²) in [6.45, 7) is 3.84. The summed E-state index contributed by atoms with van der Waals surface area (Å²) in [4.78, 5) is 13.5. The molecule has 2 N–H and O–H groups in total. The number of hydrogen-bond donors (Lipinski definition) is 2. The number of aryl methyl sites for hydroxylation is 1. The van der Waals surface area contributed by atoms with Gasteiger partial charge in [-0.2, -0.15) is 5.10 Å². The number of nitrogens with one attached hydrogen (secondary N) is 1. The number of piperazine rings is 1. The molecule has 1 fully saturated rings. The molecule has 2 aliphatic rings. The summed E-state index contributed by atoms with van der Waals surface area (Å²) in [5.74, 6) is -0.504. The van der Waals surface area contributed by atoms with Crippen LogP contribution in [-0.2, 0) is 6.42 Å². The van der Waals surface area contributed by atoms with E-state index in [0.717, 1.165) is 37.6 Å². The van der Waals surface area contributed by atoms with E-state index in [4.69, 9.17) is 0 Å². The maximum Gasteiger partial charge on any atom is 0.141 e. The Morgan fingerprint density at radius 2 is 1.88 bits per heavy atom. The number of benzene rings is 1. The molecule has 1 aliphatic heterocycles. The maximum absolute atomic E-state index is 15.3. The highest BCUT2D eigenvalue weighted by Gasteiger charge is 2.29. The molecule has 1 saturated heterocycles. The van der Waals surface area contributed by atoms with Crippen molar-refractivity contribution in [3.05, 3.63) is 59.4 Å². The lowest BCUT2D eigenvalue weighted by Crippen LogP contribution is -2.44. The van der Waals surface area contributed by atoms with Gasteiger partial charge in [0.1, 0.15) is 23.1 Å². The largest absolute Gasteiger partial charge is 0.388 e. The molecule has 0 amide bonds. The van der Waals surface area contributed by atoms with Gasteiger partial charge in [-0.25, -0.2) is 13.8 Å². The van der Waals surface area contributed by atoms with Crippen LogP contribution in [0.3, 0.4) is 0 Å². The third-order valence-electron chi connectivity index (χ3n) is 6.91. The van der Waals surface area contributed by atoms with E-state index in [2.05, 4.69) is 37.0 Å². The van der Waals surface area contributed by atoms with Crippen molar-refractivity contribution in [1.82, 2.24) is 25.1 Å². The number of pyridine rings is 2. The molecule has 0 radical (unpaired) electrons. The van der Waals surface area contributed by atoms with Crippen LogP contribution in [0.1, 0.15) is 23.7 Å². The van der Waals surface area contributed by atoms with Crippen molar-refractivity contribution >= 4 is 16.7 Å². The highest BCUT2D eigenvalue weighted by atomic mass is 19.1. The van der Waals surface area contributed by atoms with Gasteiger partial charge in [0.25, 0.3) is 0 Å². The van der Waals surface area contributed by atoms with E-state index in [1.807, 2.05) is 12.1 Å². The number of likely N-dealkylation sites (N-methyl/N-ethyl adjacent to an activating group) is 1. The summed E-state index contributed by atoms with van der Waals surface area (Å²) in [5, 5.41) is 18.2. The van der Waals surface area contributed by atoms with Gasteiger partial charge >= 0.3 is 0 Å². The first-order chi connectivity index (χ1) is 16.5. The Balaban J connectivity index is 1.38. The Hall–Kier alpha value is -3.43. The molecule has 7 nitrogen and oxygen atoms in total. The Kier molecular flexibility index (Phi) is 5.04. The van der Waals surface area contributed by atoms with Crippen LogP contribution in [0.2, 0.25) is 0 Å². The normalized spacial score (nSPS) is 18.6. The molecule has 0 saturated carbocycles. The summed E-state index contributed by atoms with van der Waals surface area (Å²) in [6, 6.07) is 6.89. The topological polar surface area (TPSA) is 81.2 Å². The minimum Gasteiger partial charge on any atom is -0.388 e. The van der Waals surface area contributed by atoms with Crippen LogP contribution >= 0.6 is 0 Å². The number of hydrogen-bond acceptors (Lipinski definition) is 6. The fraction of sp³-hybridized carbons (Fsp3) is 0.320. The number of aliphatic hydroxyl groups excluding tert-OH is 1. The third kappa shape index (κ3) is 3.43. The zero-order chi connectivity index (χ0) is 23.4. The quantitative estimate of drug-likeness (QED) is 0.483. The zero-order valence-corrected chi connectivity index (χ0v) is 18.7. The average Bonchev–Trinajstić information content (AvgIpc) is 3.43. The average molecular weight is 463 g/mol. The molecule has 1 atom stereocenters. The number of fused-ring (bicyclic) bond motifs is 2. The lowest BCUT2D eigenvalue weighted by atomic mass is 10.00. The fourth-order valence-electron chi connectivity index (χ4n) is 4.94. The van der Waals surface area contributed by atoms with Crippen LogP contribution < -0.4 is 4.90 Å². The lowest BCUT2D eigenvalue weighted by molar-refractivity contribution is 0.176. The molecule has 4 aromatic rings. The number of nitrogens with zero attached hydrogens (tertiary/aromatic N) is 5. The molecule has 3 aromatic heterocycles. The van der Waals surface area contributed by atoms with Crippen LogP contribution in [0.4, 0.5) is 14.6 Å². The molecule has 0 bridgehead atoms. The summed E-state index contributed by atoms with van der Waals surface area (Å²) in [7, 11) is 2.11. The highest BCUT2D eigenvalue weighted by Crippen LogP contribution is 2.39. The van der Waals surface area contributed by atoms with Crippen LogP contribution in [0.15, 0.2) is 36.7 Å². The van der Waals surface area contributed by atoms with Gasteiger partial charge in [-0.15, -0.1) is 0 Å². The predicted molar refractivity (Wildman–Crippen MR) is 125 cm³/mol. The van der Waals surface area contributed by atoms with E-state index in [0.29, 0.717) is 35.0 Å². The van der Waals surface area contributed by atoms with Gasteiger partial charge in [-0.1, -0.05) is 0 Å². The van der Waals surface area contributed by atoms with Gasteiger partial charge < -0.3 is 14.9 Å². The van der Waals surface area contributed by atoms with E-state index in [1.165, 1.54) is 12.3 Å². The standard InChI is InChI=1S/C25H24F2N6O/c1-32-6-8-33(9-7-32)21-5-3-15(12-29-21)25-16-11-18(28-13-19(16)30-31-25)23-17(26)10-14-2-4-20(34)22(14)24(23)27/h3,5,10-13,20,34H,2,4,6-9H2,1H3,(H,30,31). The summed E-state index contributed by atoms with van der Waals surface area (Å²) in [5.41, 5.74) is 2.72. The third-order valence-corrected chi connectivity index (χ3v) is 6.91. The predicted octanol–water partition coefficient (Wildman–Crippen LogP) is 3.70. The van der Waals surface area contributed by atoms with Crippen LogP contribution in [0, 0.1) is 11.6 Å². The number of rotatable bonds is 3. The van der Waals surface area contributed by atoms with E-state index >= 15 is 4.39 Å². The van der Waals surface area contributed by atoms with Gasteiger partial charge in [0.05, 0.1) is 29.1 Å². The Morgan fingerprint density at radius 3 is 2.65 bits per heavy atom. The summed E-state index contributed by atoms with van der Waals surface area (Å²) in [6.07, 6.45) is 3.23. The van der Waals surface area contributed by atoms with Crippen LogP contribution in [0.25, 0.3) is 33.4 Å². The van der Waals surface area contributed by atoms with Crippen molar-refractivity contribution in [3.8, 4) is 22.5 Å². The zero-order valence-electron chi connectivity index (χ0n) is 18.7. The van der Waals surface area contributed by atoms with Gasteiger partial charge in [0, 0.05) is 48.9 Å². The molecule has 1 aliphatic carbocycles. The van der Waals surface area contributed by atoms with Crippen LogP contribution in [-0.4, -0.2) is 63.4 Å². The van der Waals surface area contributed by atoms with Crippen molar-refractivity contribution in [1.29, 1.82) is 0 Å². The SMILES string of the molecule is CN1CCN(c2ccc(-c3n[nH]c4cnc(-c5c(F)cc6c(c5F)C(O)CC6)cc34)cn2)CC1. The summed E-state index contributed by atoms with van der Waals surface area (Å²) >= 11 is 0. The van der Waals surface area contributed by atoms with Crippen molar-refractivity contribution < 1.29 is 13.9 Å². The Morgan fingerprint density at radius 1 is 1.06 bits per heavy atom. The van der Waals surface area contributed by atoms with Crippen LogP contribution in [0.5, 0.6) is 0 Å². The number of halogens is 2. The van der Waals surface area contributed by atoms with Crippen molar-refractivity contribution in [2.45, 2.75) is 18.9 Å². The number of H-pyrrole nitrogens is 1. The van der Waals surface area contributed by atoms with Gasteiger partial charge in [0.2, 0.25) is 0 Å². The van der Waals surface area contributed by atoms with Gasteiger partial charge in [-0.3, -0.25) is 10.1 Å². The lowest BCUT2D eigenvalue weighted by Gasteiger charge is -2.33. The molecule has 174 valence electrons. The molecular weight excluding hydrogens is 438 g/mol. The second kappa shape index (κ2) is 8.11. The molecule has 1 aromatic carbocycles. The van der Waals surface area contributed by atoms with Gasteiger partial charge in [-0.05, 0) is 49.7 Å². The van der Waals surface area contributed by atoms with Crippen molar-refractivity contribution in [3.63, 3.8) is 0 Å². The van der Waals surface area contributed by atoms with E-state index in [9.17, 15) is 9.50 Å². The second-order valence-electron chi connectivity index (χ2n) is 9.06. The van der Waals surface area contributed by atoms with E-state index in [-0.39, 0.29) is 16.8 Å². The Labute approximate surface area is 195 Å². The number of aromatic nitrogens is 4. The van der Waals surface area contributed by atoms with Gasteiger partial charge in [0.15, 0.2) is 0 Å². The number of aromatic amines is 1. The molecule has 34 heavy (non-hydrogen) atoms. The molecule has 0 spiro atoms.